The molecule has 3 nitrogen and oxygen atoms in total. The van der Waals surface area contributed by atoms with E-state index < -0.39 is 0 Å². The van der Waals surface area contributed by atoms with E-state index in [1.807, 2.05) is 39.0 Å². The molecule has 1 amide bonds. The lowest BCUT2D eigenvalue weighted by molar-refractivity contribution is -0.119. The van der Waals surface area contributed by atoms with Gasteiger partial charge in [0.05, 0.1) is 6.54 Å². The van der Waals surface area contributed by atoms with Crippen LogP contribution >= 0.6 is 0 Å². The van der Waals surface area contributed by atoms with E-state index in [0.717, 1.165) is 23.2 Å². The number of hydrogen-bond acceptors (Lipinski definition) is 2. The van der Waals surface area contributed by atoms with Gasteiger partial charge in [0.25, 0.3) is 0 Å². The van der Waals surface area contributed by atoms with E-state index in [1.165, 1.54) is 0 Å². The van der Waals surface area contributed by atoms with Gasteiger partial charge in [0.1, 0.15) is 0 Å². The summed E-state index contributed by atoms with van der Waals surface area (Å²) in [7, 11) is 0. The fourth-order valence-corrected chi connectivity index (χ4v) is 1.43. The van der Waals surface area contributed by atoms with E-state index in [1.54, 1.807) is 0 Å². The first-order valence-corrected chi connectivity index (χ1v) is 6.19. The van der Waals surface area contributed by atoms with Crippen LogP contribution in [0.5, 0.6) is 0 Å². The summed E-state index contributed by atoms with van der Waals surface area (Å²) >= 11 is 0. The molecule has 0 bridgehead atoms. The van der Waals surface area contributed by atoms with Gasteiger partial charge in [-0.05, 0) is 31.0 Å². The van der Waals surface area contributed by atoms with E-state index in [9.17, 15) is 4.79 Å². The monoisotopic (exact) mass is 244 g/mol. The fourth-order valence-electron chi connectivity index (χ4n) is 1.43. The van der Waals surface area contributed by atoms with Crippen molar-refractivity contribution in [3.8, 4) is 11.8 Å². The van der Waals surface area contributed by atoms with Crippen LogP contribution in [0.1, 0.15) is 31.4 Å². The molecule has 3 heteroatoms. The van der Waals surface area contributed by atoms with Gasteiger partial charge in [0, 0.05) is 17.2 Å². The molecule has 0 fully saturated rings. The van der Waals surface area contributed by atoms with Crippen molar-refractivity contribution < 1.29 is 4.79 Å². The molecule has 1 aromatic rings. The predicted molar refractivity (Wildman–Crippen MR) is 75.2 cm³/mol. The molecule has 1 aromatic carbocycles. The Labute approximate surface area is 109 Å². The standard InChI is InChI=1S/C15H20N2O/c1-4-11(2)15(18)17-14-8-7-12(3)13(10-14)6-5-9-16/h7-8,10-11H,4,9,16H2,1-3H3,(H,17,18). The van der Waals surface area contributed by atoms with Gasteiger partial charge in [-0.1, -0.05) is 31.8 Å². The quantitative estimate of drug-likeness (QED) is 0.801. The minimum absolute atomic E-state index is 0.0184. The molecule has 0 aliphatic heterocycles. The van der Waals surface area contributed by atoms with Gasteiger partial charge in [-0.2, -0.15) is 0 Å². The van der Waals surface area contributed by atoms with Gasteiger partial charge < -0.3 is 11.1 Å². The van der Waals surface area contributed by atoms with Crippen LogP contribution in [-0.4, -0.2) is 12.5 Å². The van der Waals surface area contributed by atoms with Gasteiger partial charge in [0.2, 0.25) is 5.91 Å². The lowest BCUT2D eigenvalue weighted by Crippen LogP contribution is -2.19. The first kappa shape index (κ1) is 14.3. The number of amides is 1. The maximum absolute atomic E-state index is 11.8. The summed E-state index contributed by atoms with van der Waals surface area (Å²) in [6.07, 6.45) is 0.831. The summed E-state index contributed by atoms with van der Waals surface area (Å²) in [5.41, 5.74) is 8.13. The van der Waals surface area contributed by atoms with E-state index in [4.69, 9.17) is 5.73 Å². The molecule has 0 aliphatic carbocycles. The summed E-state index contributed by atoms with van der Waals surface area (Å²) in [4.78, 5) is 11.8. The molecule has 0 spiro atoms. The normalized spacial score (nSPS) is 11.3. The molecule has 0 radical (unpaired) electrons. The Morgan fingerprint density at radius 2 is 2.22 bits per heavy atom. The van der Waals surface area contributed by atoms with Crippen LogP contribution in [0.2, 0.25) is 0 Å². The third kappa shape index (κ3) is 3.90. The number of aryl methyl sites for hydroxylation is 1. The van der Waals surface area contributed by atoms with Crippen molar-refractivity contribution in [2.45, 2.75) is 27.2 Å². The Morgan fingerprint density at radius 1 is 1.50 bits per heavy atom. The van der Waals surface area contributed by atoms with Crippen LogP contribution in [0.3, 0.4) is 0 Å². The molecular weight excluding hydrogens is 224 g/mol. The Balaban J connectivity index is 2.88. The second-order valence-corrected chi connectivity index (χ2v) is 4.33. The lowest BCUT2D eigenvalue weighted by Gasteiger charge is -2.11. The van der Waals surface area contributed by atoms with Crippen LogP contribution in [0, 0.1) is 24.7 Å². The zero-order valence-corrected chi connectivity index (χ0v) is 11.2. The number of carbonyl (C=O) groups excluding carboxylic acids is 1. The Hall–Kier alpha value is -1.79. The van der Waals surface area contributed by atoms with Crippen LogP contribution < -0.4 is 11.1 Å². The van der Waals surface area contributed by atoms with Crippen molar-refractivity contribution in [1.82, 2.24) is 0 Å². The molecule has 0 saturated carbocycles. The molecule has 0 saturated heterocycles. The summed E-state index contributed by atoms with van der Waals surface area (Å²) < 4.78 is 0. The van der Waals surface area contributed by atoms with Gasteiger partial charge in [-0.15, -0.1) is 0 Å². The van der Waals surface area contributed by atoms with Crippen molar-refractivity contribution in [3.05, 3.63) is 29.3 Å². The number of rotatable bonds is 3. The fraction of sp³-hybridized carbons (Fsp3) is 0.400. The maximum atomic E-state index is 11.8. The number of anilines is 1. The Morgan fingerprint density at radius 3 is 2.83 bits per heavy atom. The van der Waals surface area contributed by atoms with E-state index >= 15 is 0 Å². The van der Waals surface area contributed by atoms with Crippen LogP contribution in [0.4, 0.5) is 5.69 Å². The summed E-state index contributed by atoms with van der Waals surface area (Å²) in [5.74, 6) is 5.89. The molecule has 18 heavy (non-hydrogen) atoms. The van der Waals surface area contributed by atoms with Crippen LogP contribution in [0.25, 0.3) is 0 Å². The first-order chi connectivity index (χ1) is 8.58. The van der Waals surface area contributed by atoms with Crippen LogP contribution in [0.15, 0.2) is 18.2 Å². The zero-order valence-electron chi connectivity index (χ0n) is 11.2. The smallest absolute Gasteiger partial charge is 0.227 e. The van der Waals surface area contributed by atoms with E-state index in [-0.39, 0.29) is 11.8 Å². The van der Waals surface area contributed by atoms with Gasteiger partial charge >= 0.3 is 0 Å². The average Bonchev–Trinajstić information content (AvgIpc) is 2.38. The van der Waals surface area contributed by atoms with Crippen molar-refractivity contribution >= 4 is 11.6 Å². The highest BCUT2D eigenvalue weighted by Gasteiger charge is 2.10. The molecule has 3 N–H and O–H groups in total. The molecular formula is C15H20N2O. The number of nitrogens with one attached hydrogen (secondary N) is 1. The second kappa shape index (κ2) is 6.83. The van der Waals surface area contributed by atoms with Gasteiger partial charge in [-0.25, -0.2) is 0 Å². The van der Waals surface area contributed by atoms with Crippen molar-refractivity contribution in [3.63, 3.8) is 0 Å². The van der Waals surface area contributed by atoms with Gasteiger partial charge in [-0.3, -0.25) is 4.79 Å². The average molecular weight is 244 g/mol. The maximum Gasteiger partial charge on any atom is 0.227 e. The largest absolute Gasteiger partial charge is 0.326 e. The third-order valence-corrected chi connectivity index (χ3v) is 2.89. The molecule has 1 rings (SSSR count). The predicted octanol–water partition coefficient (Wildman–Crippen LogP) is 2.29. The third-order valence-electron chi connectivity index (χ3n) is 2.89. The minimum Gasteiger partial charge on any atom is -0.326 e. The van der Waals surface area contributed by atoms with Crippen molar-refractivity contribution in [2.75, 3.05) is 11.9 Å². The number of benzene rings is 1. The Kier molecular flexibility index (Phi) is 5.41. The van der Waals surface area contributed by atoms with Gasteiger partial charge in [0.15, 0.2) is 0 Å². The van der Waals surface area contributed by atoms with Crippen molar-refractivity contribution in [1.29, 1.82) is 0 Å². The topological polar surface area (TPSA) is 55.1 Å². The molecule has 96 valence electrons. The van der Waals surface area contributed by atoms with Crippen molar-refractivity contribution in [2.24, 2.45) is 11.7 Å². The summed E-state index contributed by atoms with van der Waals surface area (Å²) in [6, 6.07) is 5.73. The second-order valence-electron chi connectivity index (χ2n) is 4.33. The van der Waals surface area contributed by atoms with E-state index in [0.29, 0.717) is 6.54 Å². The summed E-state index contributed by atoms with van der Waals surface area (Å²) in [6.45, 7) is 6.24. The number of hydrogen-bond donors (Lipinski definition) is 2. The molecule has 0 aromatic heterocycles. The first-order valence-electron chi connectivity index (χ1n) is 6.19. The molecule has 1 atom stereocenters. The molecule has 0 heterocycles. The summed E-state index contributed by atoms with van der Waals surface area (Å²) in [5, 5.41) is 2.90. The highest BCUT2D eigenvalue weighted by atomic mass is 16.1. The number of nitrogens with two attached hydrogens (primary N) is 1. The minimum atomic E-state index is 0.0184. The molecule has 0 aliphatic rings. The molecule has 1 unspecified atom stereocenters. The number of carbonyl (C=O) groups is 1. The highest BCUT2D eigenvalue weighted by molar-refractivity contribution is 5.92. The van der Waals surface area contributed by atoms with Crippen LogP contribution in [-0.2, 0) is 4.79 Å². The Bertz CT molecular complexity index is 483. The van der Waals surface area contributed by atoms with E-state index in [2.05, 4.69) is 17.2 Å². The lowest BCUT2D eigenvalue weighted by atomic mass is 10.1. The SMILES string of the molecule is CCC(C)C(=O)Nc1ccc(C)c(C#CCN)c1. The highest BCUT2D eigenvalue weighted by Crippen LogP contribution is 2.15. The zero-order chi connectivity index (χ0) is 13.5.